The molecule has 16 heavy (non-hydrogen) atoms. The largest absolute Gasteiger partial charge is 0.491 e. The average Bonchev–Trinajstić information content (AvgIpc) is 3.00. The predicted molar refractivity (Wildman–Crippen MR) is 63.7 cm³/mol. The Balaban J connectivity index is 2.15. The van der Waals surface area contributed by atoms with Crippen molar-refractivity contribution in [2.45, 2.75) is 45.4 Å². The highest BCUT2D eigenvalue weighted by Gasteiger charge is 2.23. The zero-order valence-electron chi connectivity index (χ0n) is 9.90. The third kappa shape index (κ3) is 3.14. The van der Waals surface area contributed by atoms with Crippen molar-refractivity contribution >= 4 is 0 Å². The number of nitrogens with two attached hydrogens (primary N) is 1. The third-order valence-corrected chi connectivity index (χ3v) is 2.37. The first-order valence-corrected chi connectivity index (χ1v) is 5.84. The van der Waals surface area contributed by atoms with Gasteiger partial charge in [-0.25, -0.2) is 0 Å². The molecule has 0 bridgehead atoms. The van der Waals surface area contributed by atoms with E-state index in [1.54, 1.807) is 0 Å². The lowest BCUT2D eigenvalue weighted by Gasteiger charge is -2.13. The molecular formula is C13H19NO2. The lowest BCUT2D eigenvalue weighted by Crippen LogP contribution is -2.07. The van der Waals surface area contributed by atoms with E-state index in [1.807, 2.05) is 32.0 Å². The van der Waals surface area contributed by atoms with Crippen molar-refractivity contribution in [1.82, 2.24) is 0 Å². The van der Waals surface area contributed by atoms with Gasteiger partial charge in [0.2, 0.25) is 0 Å². The number of rotatable bonds is 5. The van der Waals surface area contributed by atoms with Crippen LogP contribution in [0.4, 0.5) is 0 Å². The molecule has 0 radical (unpaired) electrons. The molecule has 1 aliphatic rings. The molecular weight excluding hydrogens is 202 g/mol. The first-order valence-electron chi connectivity index (χ1n) is 5.84. The minimum atomic E-state index is 0.168. The number of hydrogen-bond acceptors (Lipinski definition) is 3. The van der Waals surface area contributed by atoms with E-state index in [1.165, 1.54) is 0 Å². The van der Waals surface area contributed by atoms with E-state index in [4.69, 9.17) is 15.2 Å². The van der Waals surface area contributed by atoms with Crippen LogP contribution in [0.15, 0.2) is 18.2 Å². The second-order valence-corrected chi connectivity index (χ2v) is 4.50. The summed E-state index contributed by atoms with van der Waals surface area (Å²) in [6, 6.07) is 5.91. The quantitative estimate of drug-likeness (QED) is 0.830. The molecule has 1 aromatic carbocycles. The van der Waals surface area contributed by atoms with Crippen LogP contribution >= 0.6 is 0 Å². The first kappa shape index (κ1) is 11.3. The lowest BCUT2D eigenvalue weighted by molar-refractivity contribution is 0.239. The lowest BCUT2D eigenvalue weighted by atomic mass is 10.2. The van der Waals surface area contributed by atoms with Crippen molar-refractivity contribution in [2.24, 2.45) is 5.73 Å². The highest BCUT2D eigenvalue weighted by Crippen LogP contribution is 2.30. The molecule has 0 amide bonds. The zero-order valence-corrected chi connectivity index (χ0v) is 9.90. The maximum absolute atomic E-state index is 5.75. The van der Waals surface area contributed by atoms with Gasteiger partial charge >= 0.3 is 0 Å². The highest BCUT2D eigenvalue weighted by atomic mass is 16.5. The molecule has 88 valence electrons. The molecule has 3 heteroatoms. The summed E-state index contributed by atoms with van der Waals surface area (Å²) in [7, 11) is 0. The molecule has 0 spiro atoms. The molecule has 0 saturated heterocycles. The van der Waals surface area contributed by atoms with Gasteiger partial charge in [-0.2, -0.15) is 0 Å². The molecule has 0 unspecified atom stereocenters. The van der Waals surface area contributed by atoms with Crippen LogP contribution < -0.4 is 15.2 Å². The van der Waals surface area contributed by atoms with Crippen molar-refractivity contribution < 1.29 is 9.47 Å². The molecule has 3 nitrogen and oxygen atoms in total. The second kappa shape index (κ2) is 4.74. The normalized spacial score (nSPS) is 15.2. The van der Waals surface area contributed by atoms with Crippen LogP contribution in [0.3, 0.4) is 0 Å². The number of benzene rings is 1. The van der Waals surface area contributed by atoms with Crippen LogP contribution in [0.25, 0.3) is 0 Å². The summed E-state index contributed by atoms with van der Waals surface area (Å²) in [5.41, 5.74) is 6.70. The van der Waals surface area contributed by atoms with E-state index < -0.39 is 0 Å². The standard InChI is InChI=1S/C13H19NO2/c1-9(2)15-12-5-10(8-14)6-13(7-12)16-11-3-4-11/h5-7,9,11H,3-4,8,14H2,1-2H3. The van der Waals surface area contributed by atoms with Gasteiger partial charge in [0.05, 0.1) is 12.2 Å². The molecule has 1 aromatic rings. The molecule has 1 saturated carbocycles. The number of ether oxygens (including phenoxy) is 2. The maximum Gasteiger partial charge on any atom is 0.123 e. The fourth-order valence-electron chi connectivity index (χ4n) is 1.54. The van der Waals surface area contributed by atoms with Crippen LogP contribution in [-0.4, -0.2) is 12.2 Å². The summed E-state index contributed by atoms with van der Waals surface area (Å²) < 4.78 is 11.4. The molecule has 1 aliphatic carbocycles. The molecule has 1 fully saturated rings. The Morgan fingerprint density at radius 1 is 1.25 bits per heavy atom. The van der Waals surface area contributed by atoms with E-state index in [0.29, 0.717) is 12.6 Å². The summed E-state index contributed by atoms with van der Waals surface area (Å²) in [4.78, 5) is 0. The Morgan fingerprint density at radius 2 is 1.94 bits per heavy atom. The molecule has 2 rings (SSSR count). The van der Waals surface area contributed by atoms with Crippen molar-refractivity contribution in [3.05, 3.63) is 23.8 Å². The number of hydrogen-bond donors (Lipinski definition) is 1. The van der Waals surface area contributed by atoms with Gasteiger partial charge in [0.1, 0.15) is 11.5 Å². The highest BCUT2D eigenvalue weighted by molar-refractivity contribution is 5.38. The van der Waals surface area contributed by atoms with Gasteiger partial charge in [0, 0.05) is 12.6 Å². The second-order valence-electron chi connectivity index (χ2n) is 4.50. The third-order valence-electron chi connectivity index (χ3n) is 2.37. The average molecular weight is 221 g/mol. The first-order chi connectivity index (χ1) is 7.67. The van der Waals surface area contributed by atoms with E-state index in [0.717, 1.165) is 29.9 Å². The van der Waals surface area contributed by atoms with Crippen LogP contribution in [0.1, 0.15) is 32.3 Å². The smallest absolute Gasteiger partial charge is 0.123 e. The summed E-state index contributed by atoms with van der Waals surface area (Å²) >= 11 is 0. The van der Waals surface area contributed by atoms with Gasteiger partial charge in [-0.1, -0.05) is 0 Å². The summed E-state index contributed by atoms with van der Waals surface area (Å²) in [5, 5.41) is 0. The monoisotopic (exact) mass is 221 g/mol. The van der Waals surface area contributed by atoms with Crippen LogP contribution in [0.2, 0.25) is 0 Å². The van der Waals surface area contributed by atoms with Crippen LogP contribution in [-0.2, 0) is 6.54 Å². The van der Waals surface area contributed by atoms with Gasteiger partial charge in [0.15, 0.2) is 0 Å². The van der Waals surface area contributed by atoms with Crippen molar-refractivity contribution in [2.75, 3.05) is 0 Å². The van der Waals surface area contributed by atoms with E-state index in [2.05, 4.69) is 0 Å². The van der Waals surface area contributed by atoms with Gasteiger partial charge in [-0.3, -0.25) is 0 Å². The summed E-state index contributed by atoms with van der Waals surface area (Å²) in [5.74, 6) is 1.72. The summed E-state index contributed by atoms with van der Waals surface area (Å²) in [6.45, 7) is 4.53. The summed E-state index contributed by atoms with van der Waals surface area (Å²) in [6.07, 6.45) is 2.89. The molecule has 0 heterocycles. The van der Waals surface area contributed by atoms with Crippen molar-refractivity contribution in [3.63, 3.8) is 0 Å². The maximum atomic E-state index is 5.75. The van der Waals surface area contributed by atoms with Gasteiger partial charge in [-0.15, -0.1) is 0 Å². The molecule has 2 N–H and O–H groups in total. The van der Waals surface area contributed by atoms with E-state index in [9.17, 15) is 0 Å². The van der Waals surface area contributed by atoms with Gasteiger partial charge in [0.25, 0.3) is 0 Å². The predicted octanol–water partition coefficient (Wildman–Crippen LogP) is 2.47. The fourth-order valence-corrected chi connectivity index (χ4v) is 1.54. The SMILES string of the molecule is CC(C)Oc1cc(CN)cc(OC2CC2)c1. The Hall–Kier alpha value is -1.22. The van der Waals surface area contributed by atoms with Crippen molar-refractivity contribution in [1.29, 1.82) is 0 Å². The van der Waals surface area contributed by atoms with Crippen molar-refractivity contribution in [3.8, 4) is 11.5 Å². The molecule has 0 aromatic heterocycles. The minimum Gasteiger partial charge on any atom is -0.491 e. The fraction of sp³-hybridized carbons (Fsp3) is 0.538. The van der Waals surface area contributed by atoms with Crippen LogP contribution in [0, 0.1) is 0 Å². The Kier molecular flexibility index (Phi) is 3.34. The Bertz CT molecular complexity index is 337. The van der Waals surface area contributed by atoms with E-state index in [-0.39, 0.29) is 6.10 Å². The minimum absolute atomic E-state index is 0.168. The molecule has 0 atom stereocenters. The van der Waals surface area contributed by atoms with E-state index >= 15 is 0 Å². The van der Waals surface area contributed by atoms with Gasteiger partial charge in [-0.05, 0) is 44.4 Å². The van der Waals surface area contributed by atoms with Gasteiger partial charge < -0.3 is 15.2 Å². The van der Waals surface area contributed by atoms with Crippen LogP contribution in [0.5, 0.6) is 11.5 Å². The molecule has 0 aliphatic heterocycles. The topological polar surface area (TPSA) is 44.5 Å². The zero-order chi connectivity index (χ0) is 11.5. The Labute approximate surface area is 96.5 Å². The Morgan fingerprint density at radius 3 is 2.50 bits per heavy atom.